The van der Waals surface area contributed by atoms with E-state index in [0.29, 0.717) is 6.54 Å². The van der Waals surface area contributed by atoms with Gasteiger partial charge in [0, 0.05) is 24.5 Å². The Morgan fingerprint density at radius 1 is 1.18 bits per heavy atom. The second kappa shape index (κ2) is 3.99. The van der Waals surface area contributed by atoms with Gasteiger partial charge >= 0.3 is 0 Å². The maximum atomic E-state index is 5.77. The lowest BCUT2D eigenvalue weighted by molar-refractivity contribution is 0.914. The highest BCUT2D eigenvalue weighted by Crippen LogP contribution is 2.21. The van der Waals surface area contributed by atoms with Crippen LogP contribution in [0.2, 0.25) is 0 Å². The van der Waals surface area contributed by atoms with Crippen molar-refractivity contribution >= 4 is 5.65 Å². The van der Waals surface area contributed by atoms with E-state index in [1.807, 2.05) is 42.6 Å². The third-order valence-electron chi connectivity index (χ3n) is 2.73. The summed E-state index contributed by atoms with van der Waals surface area (Å²) in [6, 6.07) is 12.0. The van der Waals surface area contributed by atoms with Crippen LogP contribution < -0.4 is 5.73 Å². The van der Waals surface area contributed by atoms with Gasteiger partial charge in [-0.2, -0.15) is 5.10 Å². The Morgan fingerprint density at radius 2 is 2.00 bits per heavy atom. The molecule has 84 valence electrons. The largest absolute Gasteiger partial charge is 0.326 e. The van der Waals surface area contributed by atoms with E-state index in [9.17, 15) is 0 Å². The smallest absolute Gasteiger partial charge is 0.153 e. The van der Waals surface area contributed by atoms with Gasteiger partial charge in [-0.25, -0.2) is 9.50 Å². The maximum absolute atomic E-state index is 5.77. The van der Waals surface area contributed by atoms with Crippen molar-refractivity contribution in [1.82, 2.24) is 14.6 Å². The van der Waals surface area contributed by atoms with Gasteiger partial charge in [-0.15, -0.1) is 0 Å². The van der Waals surface area contributed by atoms with Crippen molar-refractivity contribution in [3.63, 3.8) is 0 Å². The Hall–Kier alpha value is -2.20. The van der Waals surface area contributed by atoms with E-state index in [-0.39, 0.29) is 0 Å². The Kier molecular flexibility index (Phi) is 2.34. The van der Waals surface area contributed by atoms with E-state index in [1.54, 1.807) is 10.7 Å². The normalized spacial score (nSPS) is 10.9. The molecule has 0 aliphatic carbocycles. The van der Waals surface area contributed by atoms with Crippen molar-refractivity contribution in [2.45, 2.75) is 6.54 Å². The van der Waals surface area contributed by atoms with Gasteiger partial charge in [0.2, 0.25) is 0 Å². The van der Waals surface area contributed by atoms with Crippen LogP contribution in [0.1, 0.15) is 5.56 Å². The number of hydrogen-bond donors (Lipinski definition) is 1. The Labute approximate surface area is 98.7 Å². The lowest BCUT2D eigenvalue weighted by Gasteiger charge is -2.07. The molecular weight excluding hydrogens is 212 g/mol. The van der Waals surface area contributed by atoms with Crippen LogP contribution >= 0.6 is 0 Å². The monoisotopic (exact) mass is 224 g/mol. The quantitative estimate of drug-likeness (QED) is 0.722. The molecule has 0 atom stereocenters. The number of benzene rings is 1. The SMILES string of the molecule is NCc1cc2nccn2nc1-c1ccccc1. The molecule has 0 bridgehead atoms. The predicted molar refractivity (Wildman–Crippen MR) is 66.3 cm³/mol. The first kappa shape index (κ1) is 9.99. The number of imidazole rings is 1. The summed E-state index contributed by atoms with van der Waals surface area (Å²) in [4.78, 5) is 4.21. The van der Waals surface area contributed by atoms with Gasteiger partial charge in [0.1, 0.15) is 0 Å². The first-order valence-electron chi connectivity index (χ1n) is 5.47. The number of nitrogens with zero attached hydrogens (tertiary/aromatic N) is 3. The van der Waals surface area contributed by atoms with Gasteiger partial charge in [-0.05, 0) is 11.6 Å². The molecule has 0 fully saturated rings. The maximum Gasteiger partial charge on any atom is 0.153 e. The number of aromatic nitrogens is 3. The highest BCUT2D eigenvalue weighted by molar-refractivity contribution is 5.64. The fourth-order valence-electron chi connectivity index (χ4n) is 1.89. The zero-order chi connectivity index (χ0) is 11.7. The molecule has 0 amide bonds. The molecule has 2 aromatic heterocycles. The number of fused-ring (bicyclic) bond motifs is 1. The Bertz CT molecular complexity index is 643. The summed E-state index contributed by atoms with van der Waals surface area (Å²) in [5.74, 6) is 0. The summed E-state index contributed by atoms with van der Waals surface area (Å²) in [6.07, 6.45) is 3.57. The van der Waals surface area contributed by atoms with Crippen LogP contribution in [-0.4, -0.2) is 14.6 Å². The fraction of sp³-hybridized carbons (Fsp3) is 0.0769. The van der Waals surface area contributed by atoms with Crippen molar-refractivity contribution in [2.24, 2.45) is 5.73 Å². The molecule has 4 heteroatoms. The molecule has 1 aromatic carbocycles. The lowest BCUT2D eigenvalue weighted by Crippen LogP contribution is -2.04. The van der Waals surface area contributed by atoms with Gasteiger partial charge in [0.05, 0.1) is 5.69 Å². The van der Waals surface area contributed by atoms with E-state index >= 15 is 0 Å². The number of rotatable bonds is 2. The highest BCUT2D eigenvalue weighted by atomic mass is 15.2. The zero-order valence-electron chi connectivity index (χ0n) is 9.24. The van der Waals surface area contributed by atoms with Crippen LogP contribution in [0.15, 0.2) is 48.8 Å². The van der Waals surface area contributed by atoms with Gasteiger partial charge in [-0.1, -0.05) is 30.3 Å². The standard InChI is InChI=1S/C13H12N4/c14-9-11-8-12-15-6-7-17(12)16-13(11)10-4-2-1-3-5-10/h1-8H,9,14H2. The van der Waals surface area contributed by atoms with Gasteiger partial charge in [-0.3, -0.25) is 0 Å². The second-order valence-corrected chi connectivity index (χ2v) is 3.82. The van der Waals surface area contributed by atoms with Gasteiger partial charge < -0.3 is 5.73 Å². The van der Waals surface area contributed by atoms with Crippen LogP contribution in [0.4, 0.5) is 0 Å². The van der Waals surface area contributed by atoms with Crippen LogP contribution in [-0.2, 0) is 6.54 Å². The zero-order valence-corrected chi connectivity index (χ0v) is 9.24. The average Bonchev–Trinajstić information content (AvgIpc) is 2.85. The van der Waals surface area contributed by atoms with Crippen molar-refractivity contribution in [2.75, 3.05) is 0 Å². The molecule has 0 unspecified atom stereocenters. The summed E-state index contributed by atoms with van der Waals surface area (Å²) in [7, 11) is 0. The first-order chi connectivity index (χ1) is 8.38. The van der Waals surface area contributed by atoms with Gasteiger partial charge in [0.15, 0.2) is 5.65 Å². The fourth-order valence-corrected chi connectivity index (χ4v) is 1.89. The summed E-state index contributed by atoms with van der Waals surface area (Å²) in [6.45, 7) is 0.459. The Morgan fingerprint density at radius 3 is 2.76 bits per heavy atom. The van der Waals surface area contributed by atoms with Crippen LogP contribution in [0.5, 0.6) is 0 Å². The third kappa shape index (κ3) is 1.68. The summed E-state index contributed by atoms with van der Waals surface area (Å²) in [5, 5.41) is 4.55. The van der Waals surface area contributed by atoms with Crippen molar-refractivity contribution in [3.8, 4) is 11.3 Å². The minimum Gasteiger partial charge on any atom is -0.326 e. The third-order valence-corrected chi connectivity index (χ3v) is 2.73. The molecule has 0 spiro atoms. The van der Waals surface area contributed by atoms with E-state index in [2.05, 4.69) is 10.1 Å². The van der Waals surface area contributed by atoms with Crippen LogP contribution in [0, 0.1) is 0 Å². The second-order valence-electron chi connectivity index (χ2n) is 3.82. The molecule has 0 aliphatic heterocycles. The minimum absolute atomic E-state index is 0.459. The van der Waals surface area contributed by atoms with Crippen LogP contribution in [0.3, 0.4) is 0 Å². The predicted octanol–water partition coefficient (Wildman–Crippen LogP) is 1.85. The van der Waals surface area contributed by atoms with Crippen molar-refractivity contribution in [3.05, 3.63) is 54.4 Å². The van der Waals surface area contributed by atoms with E-state index in [0.717, 1.165) is 22.5 Å². The molecule has 17 heavy (non-hydrogen) atoms. The van der Waals surface area contributed by atoms with E-state index < -0.39 is 0 Å². The molecule has 2 heterocycles. The molecule has 0 saturated carbocycles. The topological polar surface area (TPSA) is 56.2 Å². The molecule has 0 radical (unpaired) electrons. The van der Waals surface area contributed by atoms with Gasteiger partial charge in [0.25, 0.3) is 0 Å². The average molecular weight is 224 g/mol. The van der Waals surface area contributed by atoms with Crippen LogP contribution in [0.25, 0.3) is 16.9 Å². The molecule has 2 N–H and O–H groups in total. The molecular formula is C13H12N4. The molecule has 0 aliphatic rings. The first-order valence-corrected chi connectivity index (χ1v) is 5.47. The van der Waals surface area contributed by atoms with Crippen molar-refractivity contribution in [1.29, 1.82) is 0 Å². The van der Waals surface area contributed by atoms with E-state index in [4.69, 9.17) is 5.73 Å². The van der Waals surface area contributed by atoms with E-state index in [1.165, 1.54) is 0 Å². The molecule has 3 aromatic rings. The summed E-state index contributed by atoms with van der Waals surface area (Å²) < 4.78 is 1.77. The highest BCUT2D eigenvalue weighted by Gasteiger charge is 2.08. The lowest BCUT2D eigenvalue weighted by atomic mass is 10.1. The summed E-state index contributed by atoms with van der Waals surface area (Å²) >= 11 is 0. The Balaban J connectivity index is 2.26. The summed E-state index contributed by atoms with van der Waals surface area (Å²) in [5.41, 5.74) is 9.59. The molecule has 4 nitrogen and oxygen atoms in total. The minimum atomic E-state index is 0.459. The number of hydrogen-bond acceptors (Lipinski definition) is 3. The number of nitrogens with two attached hydrogens (primary N) is 1. The molecule has 3 rings (SSSR count). The van der Waals surface area contributed by atoms with Crippen molar-refractivity contribution < 1.29 is 0 Å². The molecule has 0 saturated heterocycles.